The zero-order valence-electron chi connectivity index (χ0n) is 8.75. The van der Waals surface area contributed by atoms with E-state index in [4.69, 9.17) is 0 Å². The first-order valence-corrected chi connectivity index (χ1v) is 5.55. The maximum absolute atomic E-state index is 12.8. The number of aromatic nitrogens is 2. The Labute approximate surface area is 99.3 Å². The van der Waals surface area contributed by atoms with Crippen molar-refractivity contribution in [2.45, 2.75) is 13.1 Å². The Hall–Kier alpha value is -1.63. The Bertz CT molecular complexity index is 508. The van der Waals surface area contributed by atoms with Crippen LogP contribution < -0.4 is 5.32 Å². The molecule has 2 aromatic rings. The summed E-state index contributed by atoms with van der Waals surface area (Å²) < 4.78 is 38.3. The van der Waals surface area contributed by atoms with Gasteiger partial charge in [-0.3, -0.25) is 0 Å². The third kappa shape index (κ3) is 2.73. The van der Waals surface area contributed by atoms with Crippen LogP contribution in [0.25, 0.3) is 0 Å². The van der Waals surface area contributed by atoms with Crippen molar-refractivity contribution in [3.8, 4) is 0 Å². The molecule has 7 heteroatoms. The fourth-order valence-electron chi connectivity index (χ4n) is 1.27. The number of nitrogens with one attached hydrogen (secondary N) is 1. The zero-order valence-corrected chi connectivity index (χ0v) is 9.56. The van der Waals surface area contributed by atoms with E-state index in [9.17, 15) is 13.2 Å². The molecular weight excluding hydrogens is 251 g/mol. The van der Waals surface area contributed by atoms with Gasteiger partial charge in [0.05, 0.1) is 5.56 Å². The fourth-order valence-corrected chi connectivity index (χ4v) is 1.80. The summed E-state index contributed by atoms with van der Waals surface area (Å²) in [6.07, 6.45) is -1.54. The number of alkyl halides is 3. The summed E-state index contributed by atoms with van der Waals surface area (Å²) in [7, 11) is 0. The van der Waals surface area contributed by atoms with Crippen LogP contribution in [0, 0.1) is 6.92 Å². The van der Waals surface area contributed by atoms with Gasteiger partial charge in [-0.1, -0.05) is 0 Å². The van der Waals surface area contributed by atoms with Crippen LogP contribution >= 0.6 is 11.3 Å². The molecule has 1 N–H and O–H groups in total. The van der Waals surface area contributed by atoms with Crippen molar-refractivity contribution in [3.05, 3.63) is 35.0 Å². The van der Waals surface area contributed by atoms with Gasteiger partial charge in [0, 0.05) is 17.8 Å². The summed E-state index contributed by atoms with van der Waals surface area (Å²) in [5.74, 6) is -0.224. The molecule has 2 aromatic heterocycles. The molecule has 0 saturated carbocycles. The molecule has 3 nitrogen and oxygen atoms in total. The van der Waals surface area contributed by atoms with Gasteiger partial charge in [-0.15, -0.1) is 11.3 Å². The monoisotopic (exact) mass is 259 g/mol. The second-order valence-electron chi connectivity index (χ2n) is 3.37. The van der Waals surface area contributed by atoms with Gasteiger partial charge in [0.15, 0.2) is 5.13 Å². The van der Waals surface area contributed by atoms with E-state index in [0.29, 0.717) is 10.7 Å². The highest BCUT2D eigenvalue weighted by Crippen LogP contribution is 2.35. The van der Waals surface area contributed by atoms with Gasteiger partial charge in [0.1, 0.15) is 5.82 Å². The van der Waals surface area contributed by atoms with Crippen molar-refractivity contribution < 1.29 is 13.2 Å². The molecule has 0 aromatic carbocycles. The molecule has 2 heterocycles. The average molecular weight is 259 g/mol. The third-order valence-electron chi connectivity index (χ3n) is 1.99. The molecule has 0 bridgehead atoms. The number of aryl methyl sites for hydroxylation is 1. The second-order valence-corrected chi connectivity index (χ2v) is 4.26. The quantitative estimate of drug-likeness (QED) is 0.895. The number of hydrogen-bond acceptors (Lipinski definition) is 4. The first-order valence-electron chi connectivity index (χ1n) is 4.67. The fraction of sp³-hybridized carbons (Fsp3) is 0.200. The number of halogens is 3. The van der Waals surface area contributed by atoms with Crippen molar-refractivity contribution in [2.75, 3.05) is 5.32 Å². The standard InChI is InChI=1S/C10H8F3N3S/c1-6-4-7(10(11,12)13)8(15-5-6)16-9-14-2-3-17-9/h2-5H,1H3,(H,14,15,16). The molecule has 17 heavy (non-hydrogen) atoms. The minimum absolute atomic E-state index is 0.224. The van der Waals surface area contributed by atoms with Crippen molar-refractivity contribution in [1.29, 1.82) is 0 Å². The summed E-state index contributed by atoms with van der Waals surface area (Å²) in [4.78, 5) is 7.61. The van der Waals surface area contributed by atoms with Crippen molar-refractivity contribution in [2.24, 2.45) is 0 Å². The lowest BCUT2D eigenvalue weighted by molar-refractivity contribution is -0.137. The first-order chi connectivity index (χ1) is 7.97. The van der Waals surface area contributed by atoms with Crippen LogP contribution in [0.5, 0.6) is 0 Å². The number of nitrogens with zero attached hydrogens (tertiary/aromatic N) is 2. The molecule has 0 fully saturated rings. The van der Waals surface area contributed by atoms with E-state index in [1.165, 1.54) is 23.7 Å². The van der Waals surface area contributed by atoms with Crippen molar-refractivity contribution in [1.82, 2.24) is 9.97 Å². The highest BCUT2D eigenvalue weighted by molar-refractivity contribution is 7.13. The Balaban J connectivity index is 2.40. The van der Waals surface area contributed by atoms with Crippen molar-refractivity contribution in [3.63, 3.8) is 0 Å². The molecular formula is C10H8F3N3S. The van der Waals surface area contributed by atoms with E-state index >= 15 is 0 Å². The summed E-state index contributed by atoms with van der Waals surface area (Å²) in [6, 6.07) is 1.06. The molecule has 0 atom stereocenters. The summed E-state index contributed by atoms with van der Waals surface area (Å²) in [5, 5.41) is 4.61. The minimum Gasteiger partial charge on any atom is -0.316 e. The van der Waals surface area contributed by atoms with Gasteiger partial charge < -0.3 is 5.32 Å². The molecule has 2 rings (SSSR count). The maximum Gasteiger partial charge on any atom is 0.419 e. The molecule has 90 valence electrons. The van der Waals surface area contributed by atoms with E-state index in [1.54, 1.807) is 12.3 Å². The van der Waals surface area contributed by atoms with Crippen LogP contribution in [0.3, 0.4) is 0 Å². The van der Waals surface area contributed by atoms with E-state index in [2.05, 4.69) is 15.3 Å². The lowest BCUT2D eigenvalue weighted by Crippen LogP contribution is -2.10. The predicted molar refractivity (Wildman–Crippen MR) is 59.4 cm³/mol. The topological polar surface area (TPSA) is 37.8 Å². The molecule has 0 spiro atoms. The molecule has 0 aliphatic carbocycles. The molecule has 0 aliphatic rings. The number of pyridine rings is 1. The normalized spacial score (nSPS) is 11.5. The zero-order chi connectivity index (χ0) is 12.5. The van der Waals surface area contributed by atoms with E-state index in [0.717, 1.165) is 6.07 Å². The molecule has 0 amide bonds. The number of anilines is 2. The van der Waals surface area contributed by atoms with Crippen LogP contribution in [0.4, 0.5) is 24.1 Å². The van der Waals surface area contributed by atoms with E-state index in [1.807, 2.05) is 0 Å². The molecule has 0 radical (unpaired) electrons. The Morgan fingerprint density at radius 3 is 2.65 bits per heavy atom. The number of rotatable bonds is 2. The predicted octanol–water partition coefficient (Wildman–Crippen LogP) is 3.61. The summed E-state index contributed by atoms with van der Waals surface area (Å²) in [6.45, 7) is 1.56. The number of hydrogen-bond donors (Lipinski definition) is 1. The van der Waals surface area contributed by atoms with Crippen LogP contribution in [-0.4, -0.2) is 9.97 Å². The van der Waals surface area contributed by atoms with Gasteiger partial charge in [-0.05, 0) is 18.6 Å². The Kier molecular flexibility index (Phi) is 3.01. The van der Waals surface area contributed by atoms with Gasteiger partial charge in [0.25, 0.3) is 0 Å². The van der Waals surface area contributed by atoms with Gasteiger partial charge in [0.2, 0.25) is 0 Å². The Morgan fingerprint density at radius 2 is 2.06 bits per heavy atom. The van der Waals surface area contributed by atoms with Gasteiger partial charge >= 0.3 is 6.18 Å². The van der Waals surface area contributed by atoms with Crippen LogP contribution in [0.1, 0.15) is 11.1 Å². The van der Waals surface area contributed by atoms with Crippen LogP contribution in [-0.2, 0) is 6.18 Å². The SMILES string of the molecule is Cc1cnc(Nc2nccs2)c(C(F)(F)F)c1. The maximum atomic E-state index is 12.8. The smallest absolute Gasteiger partial charge is 0.316 e. The van der Waals surface area contributed by atoms with Crippen LogP contribution in [0.15, 0.2) is 23.8 Å². The number of thiazole rings is 1. The first kappa shape index (κ1) is 11.8. The molecule has 0 saturated heterocycles. The minimum atomic E-state index is -4.43. The molecule has 0 unspecified atom stereocenters. The third-order valence-corrected chi connectivity index (χ3v) is 2.68. The highest BCUT2D eigenvalue weighted by atomic mass is 32.1. The average Bonchev–Trinajstić information content (AvgIpc) is 2.72. The Morgan fingerprint density at radius 1 is 1.29 bits per heavy atom. The summed E-state index contributed by atoms with van der Waals surface area (Å²) >= 11 is 1.21. The second kappa shape index (κ2) is 4.33. The summed E-state index contributed by atoms with van der Waals surface area (Å²) in [5.41, 5.74) is -0.324. The molecule has 0 aliphatic heterocycles. The lowest BCUT2D eigenvalue weighted by Gasteiger charge is -2.12. The largest absolute Gasteiger partial charge is 0.419 e. The van der Waals surface area contributed by atoms with E-state index < -0.39 is 11.7 Å². The van der Waals surface area contributed by atoms with E-state index in [-0.39, 0.29) is 5.82 Å². The van der Waals surface area contributed by atoms with Crippen LogP contribution in [0.2, 0.25) is 0 Å². The lowest BCUT2D eigenvalue weighted by atomic mass is 10.2. The highest BCUT2D eigenvalue weighted by Gasteiger charge is 2.34. The van der Waals surface area contributed by atoms with Gasteiger partial charge in [-0.2, -0.15) is 13.2 Å². The van der Waals surface area contributed by atoms with Gasteiger partial charge in [-0.25, -0.2) is 9.97 Å². The van der Waals surface area contributed by atoms with Crippen molar-refractivity contribution >= 4 is 22.3 Å².